The van der Waals surface area contributed by atoms with Gasteiger partial charge in [0.1, 0.15) is 11.4 Å². The van der Waals surface area contributed by atoms with Gasteiger partial charge in [-0.1, -0.05) is 42.0 Å². The van der Waals surface area contributed by atoms with Crippen LogP contribution in [0.2, 0.25) is 0 Å². The molecule has 0 spiro atoms. The molecule has 1 N–H and O–H groups in total. The zero-order chi connectivity index (χ0) is 22.8. The maximum atomic E-state index is 13.6. The zero-order valence-electron chi connectivity index (χ0n) is 18.7. The third-order valence-corrected chi connectivity index (χ3v) is 5.30. The summed E-state index contributed by atoms with van der Waals surface area (Å²) in [5.74, 6) is -0.0253. The second-order valence-electron chi connectivity index (χ2n) is 7.99. The average Bonchev–Trinajstić information content (AvgIpc) is 2.98. The highest BCUT2D eigenvalue weighted by Crippen LogP contribution is 2.35. The van der Waals surface area contributed by atoms with Crippen LogP contribution in [-0.4, -0.2) is 18.4 Å². The zero-order valence-corrected chi connectivity index (χ0v) is 18.7. The number of nitrogens with zero attached hydrogens (tertiary/aromatic N) is 1. The third-order valence-electron chi connectivity index (χ3n) is 5.30. The predicted molar refractivity (Wildman–Crippen MR) is 128 cm³/mol. The van der Waals surface area contributed by atoms with E-state index in [0.29, 0.717) is 34.9 Å². The van der Waals surface area contributed by atoms with E-state index in [4.69, 9.17) is 4.74 Å². The minimum atomic E-state index is -0.377. The van der Waals surface area contributed by atoms with E-state index in [0.717, 1.165) is 16.7 Å². The van der Waals surface area contributed by atoms with Crippen molar-refractivity contribution in [2.45, 2.75) is 27.7 Å². The maximum Gasteiger partial charge on any atom is 0.282 e. The molecule has 0 saturated carbocycles. The molecular formula is C27H26N2O3. The van der Waals surface area contributed by atoms with Crippen LogP contribution in [-0.2, 0) is 9.59 Å². The molecule has 0 unspecified atom stereocenters. The van der Waals surface area contributed by atoms with Crippen LogP contribution >= 0.6 is 0 Å². The normalized spacial score (nSPS) is 13.7. The molecule has 4 rings (SSSR count). The van der Waals surface area contributed by atoms with E-state index in [9.17, 15) is 9.59 Å². The van der Waals surface area contributed by atoms with Crippen LogP contribution in [0.25, 0.3) is 5.57 Å². The summed E-state index contributed by atoms with van der Waals surface area (Å²) in [5, 5.41) is 3.20. The van der Waals surface area contributed by atoms with Crippen LogP contribution in [0.1, 0.15) is 29.2 Å². The van der Waals surface area contributed by atoms with Crippen molar-refractivity contribution in [1.29, 1.82) is 0 Å². The van der Waals surface area contributed by atoms with Gasteiger partial charge in [0.15, 0.2) is 0 Å². The number of hydrogen-bond donors (Lipinski definition) is 1. The minimum absolute atomic E-state index is 0.256. The van der Waals surface area contributed by atoms with Crippen LogP contribution in [0.5, 0.6) is 5.75 Å². The third kappa shape index (κ3) is 4.14. The predicted octanol–water partition coefficient (Wildman–Crippen LogP) is 5.41. The summed E-state index contributed by atoms with van der Waals surface area (Å²) in [6, 6.07) is 20.7. The summed E-state index contributed by atoms with van der Waals surface area (Å²) in [5.41, 5.74) is 5.62. The van der Waals surface area contributed by atoms with E-state index in [1.165, 1.54) is 4.90 Å². The van der Waals surface area contributed by atoms with Crippen LogP contribution < -0.4 is 15.0 Å². The fourth-order valence-electron chi connectivity index (χ4n) is 3.92. The van der Waals surface area contributed by atoms with E-state index in [1.807, 2.05) is 94.4 Å². The summed E-state index contributed by atoms with van der Waals surface area (Å²) in [4.78, 5) is 28.4. The van der Waals surface area contributed by atoms with Crippen LogP contribution in [0.15, 0.2) is 72.4 Å². The van der Waals surface area contributed by atoms with Crippen molar-refractivity contribution in [3.63, 3.8) is 0 Å². The van der Waals surface area contributed by atoms with Crippen molar-refractivity contribution >= 4 is 28.8 Å². The number of anilines is 2. The fraction of sp³-hybridized carbons (Fsp3) is 0.185. The largest absolute Gasteiger partial charge is 0.494 e. The summed E-state index contributed by atoms with van der Waals surface area (Å²) in [7, 11) is 0. The first-order valence-electron chi connectivity index (χ1n) is 10.7. The molecule has 2 amide bonds. The molecule has 162 valence electrons. The Morgan fingerprint density at radius 2 is 1.50 bits per heavy atom. The highest BCUT2D eigenvalue weighted by Gasteiger charge is 2.40. The van der Waals surface area contributed by atoms with Gasteiger partial charge in [-0.3, -0.25) is 9.59 Å². The molecule has 0 fully saturated rings. The van der Waals surface area contributed by atoms with Crippen molar-refractivity contribution < 1.29 is 14.3 Å². The summed E-state index contributed by atoms with van der Waals surface area (Å²) in [6.07, 6.45) is 0. The van der Waals surface area contributed by atoms with E-state index < -0.39 is 0 Å². The van der Waals surface area contributed by atoms with Crippen molar-refractivity contribution in [3.8, 4) is 5.75 Å². The molecule has 0 saturated heterocycles. The number of aryl methyl sites for hydroxylation is 3. The highest BCUT2D eigenvalue weighted by molar-refractivity contribution is 6.46. The Kier molecular flexibility index (Phi) is 5.82. The van der Waals surface area contributed by atoms with Gasteiger partial charge in [-0.05, 0) is 68.7 Å². The molecule has 5 heteroatoms. The van der Waals surface area contributed by atoms with Gasteiger partial charge in [-0.2, -0.15) is 0 Å². The Balaban J connectivity index is 1.81. The Morgan fingerprint density at radius 1 is 0.812 bits per heavy atom. The van der Waals surface area contributed by atoms with Gasteiger partial charge < -0.3 is 10.1 Å². The Bertz CT molecular complexity index is 1210. The van der Waals surface area contributed by atoms with Gasteiger partial charge in [-0.25, -0.2) is 4.90 Å². The number of hydrogen-bond acceptors (Lipinski definition) is 4. The van der Waals surface area contributed by atoms with Crippen LogP contribution in [0.3, 0.4) is 0 Å². The van der Waals surface area contributed by atoms with Gasteiger partial charge >= 0.3 is 0 Å². The van der Waals surface area contributed by atoms with Crippen molar-refractivity contribution in [2.75, 3.05) is 16.8 Å². The quantitative estimate of drug-likeness (QED) is 0.536. The molecule has 5 nitrogen and oxygen atoms in total. The van der Waals surface area contributed by atoms with Gasteiger partial charge in [0.05, 0.1) is 17.9 Å². The molecule has 0 atom stereocenters. The highest BCUT2D eigenvalue weighted by atomic mass is 16.5. The molecule has 1 aliphatic heterocycles. The first kappa shape index (κ1) is 21.4. The van der Waals surface area contributed by atoms with E-state index in [2.05, 4.69) is 5.32 Å². The molecule has 0 radical (unpaired) electrons. The molecule has 3 aromatic rings. The van der Waals surface area contributed by atoms with E-state index in [-0.39, 0.29) is 17.5 Å². The number of carbonyl (C=O) groups excluding carboxylic acids is 2. The first-order valence-corrected chi connectivity index (χ1v) is 10.7. The van der Waals surface area contributed by atoms with Crippen LogP contribution in [0, 0.1) is 20.8 Å². The molecule has 32 heavy (non-hydrogen) atoms. The molecule has 0 aromatic heterocycles. The average molecular weight is 427 g/mol. The number of nitrogens with one attached hydrogen (secondary N) is 1. The van der Waals surface area contributed by atoms with Gasteiger partial charge in [-0.15, -0.1) is 0 Å². The lowest BCUT2D eigenvalue weighted by Crippen LogP contribution is -2.32. The van der Waals surface area contributed by atoms with Crippen molar-refractivity contribution in [1.82, 2.24) is 0 Å². The summed E-state index contributed by atoms with van der Waals surface area (Å²) < 4.78 is 5.58. The Morgan fingerprint density at radius 3 is 2.16 bits per heavy atom. The second-order valence-corrected chi connectivity index (χ2v) is 7.99. The standard InChI is InChI=1S/C27H26N2O3/c1-5-32-23-8-6-7-21(16-23)28-25-24(20-11-9-17(2)10-12-20)26(30)29(27(25)31)22-14-18(3)13-19(4)15-22/h6-16,28H,5H2,1-4H3. The number of ether oxygens (including phenoxy) is 1. The van der Waals surface area contributed by atoms with Crippen LogP contribution in [0.4, 0.5) is 11.4 Å². The molecule has 0 aliphatic carbocycles. The molecule has 1 aliphatic rings. The van der Waals surface area contributed by atoms with Gasteiger partial charge in [0.2, 0.25) is 0 Å². The number of imide groups is 1. The number of carbonyl (C=O) groups is 2. The SMILES string of the molecule is CCOc1cccc(NC2=C(c3ccc(C)cc3)C(=O)N(c3cc(C)cc(C)c3)C2=O)c1. The lowest BCUT2D eigenvalue weighted by molar-refractivity contribution is -0.120. The molecular weight excluding hydrogens is 400 g/mol. The summed E-state index contributed by atoms with van der Waals surface area (Å²) in [6.45, 7) is 8.35. The lowest BCUT2D eigenvalue weighted by Gasteiger charge is -2.17. The number of benzene rings is 3. The van der Waals surface area contributed by atoms with Gasteiger partial charge in [0.25, 0.3) is 11.8 Å². The van der Waals surface area contributed by atoms with E-state index in [1.54, 1.807) is 0 Å². The maximum absolute atomic E-state index is 13.6. The molecule has 0 bridgehead atoms. The minimum Gasteiger partial charge on any atom is -0.494 e. The topological polar surface area (TPSA) is 58.6 Å². The summed E-state index contributed by atoms with van der Waals surface area (Å²) >= 11 is 0. The number of rotatable bonds is 6. The Hall–Kier alpha value is -3.86. The van der Waals surface area contributed by atoms with E-state index >= 15 is 0 Å². The molecule has 3 aromatic carbocycles. The molecule has 1 heterocycles. The lowest BCUT2D eigenvalue weighted by atomic mass is 10.0. The van der Waals surface area contributed by atoms with Crippen molar-refractivity contribution in [3.05, 3.63) is 94.7 Å². The second kappa shape index (κ2) is 8.71. The smallest absolute Gasteiger partial charge is 0.282 e. The monoisotopic (exact) mass is 426 g/mol. The fourth-order valence-corrected chi connectivity index (χ4v) is 3.92. The first-order chi connectivity index (χ1) is 15.4. The number of amides is 2. The van der Waals surface area contributed by atoms with Crippen molar-refractivity contribution in [2.24, 2.45) is 0 Å². The Labute approximate surface area is 188 Å². The van der Waals surface area contributed by atoms with Gasteiger partial charge in [0, 0.05) is 11.8 Å².